The lowest BCUT2D eigenvalue weighted by Crippen LogP contribution is -2.22. The highest BCUT2D eigenvalue weighted by Crippen LogP contribution is 2.37. The lowest BCUT2D eigenvalue weighted by molar-refractivity contribution is 0.0958. The van der Waals surface area contributed by atoms with Crippen LogP contribution in [0.15, 0.2) is 60.0 Å². The average molecular weight is 499 g/mol. The van der Waals surface area contributed by atoms with Gasteiger partial charge in [0.15, 0.2) is 28.1 Å². The number of rotatable bonds is 8. The largest absolute Gasteiger partial charge is 0.494 e. The molecule has 0 fully saturated rings. The van der Waals surface area contributed by atoms with E-state index >= 15 is 0 Å². The summed E-state index contributed by atoms with van der Waals surface area (Å²) in [7, 11) is -1.02. The minimum atomic E-state index is -4.14. The Bertz CT molecular complexity index is 1580. The number of aryl methyl sites for hydroxylation is 1. The number of carbonyl (C=O) groups excluding carboxylic acids is 1. The summed E-state index contributed by atoms with van der Waals surface area (Å²) in [5, 5.41) is 16.3. The summed E-state index contributed by atoms with van der Waals surface area (Å²) in [6.07, 6.45) is 2.82. The molecule has 3 aromatic heterocycles. The summed E-state index contributed by atoms with van der Waals surface area (Å²) in [5.74, 6) is -0.663. The van der Waals surface area contributed by atoms with Crippen molar-refractivity contribution in [3.8, 4) is 17.1 Å². The molecule has 0 aliphatic rings. The maximum Gasteiger partial charge on any atom is 0.280 e. The number of methoxy groups -OCH3 is 1. The van der Waals surface area contributed by atoms with Crippen LogP contribution >= 0.6 is 0 Å². The number of aromatic nitrogens is 6. The SMILES string of the molecule is [2H]C([2H])([2H])NC(=O)c1nnc(NS(=O)(=O)c2ccccn2)cc1Nc1cccc(-c2ncn(C)n2)c1OC. The van der Waals surface area contributed by atoms with Gasteiger partial charge in [0.1, 0.15) is 6.33 Å². The van der Waals surface area contributed by atoms with Crippen LogP contribution in [0.4, 0.5) is 17.2 Å². The van der Waals surface area contributed by atoms with E-state index in [-0.39, 0.29) is 16.5 Å². The van der Waals surface area contributed by atoms with Crippen molar-refractivity contribution in [1.82, 2.24) is 35.3 Å². The van der Waals surface area contributed by atoms with Crippen LogP contribution in [0.3, 0.4) is 0 Å². The summed E-state index contributed by atoms with van der Waals surface area (Å²) in [6.45, 7) is -2.81. The Kier molecular flexibility index (Phi) is 5.51. The zero-order chi connectivity index (χ0) is 27.5. The van der Waals surface area contributed by atoms with Crippen molar-refractivity contribution in [2.24, 2.45) is 7.05 Å². The van der Waals surface area contributed by atoms with Crippen LogP contribution in [0.1, 0.15) is 14.6 Å². The van der Waals surface area contributed by atoms with Gasteiger partial charge in [-0.2, -0.15) is 13.5 Å². The second-order valence-corrected chi connectivity index (χ2v) is 8.60. The van der Waals surface area contributed by atoms with E-state index in [9.17, 15) is 13.2 Å². The number of hydrogen-bond donors (Lipinski definition) is 3. The summed E-state index contributed by atoms with van der Waals surface area (Å²) in [5.41, 5.74) is 0.367. The predicted molar refractivity (Wildman–Crippen MR) is 127 cm³/mol. The van der Waals surface area contributed by atoms with Crippen molar-refractivity contribution in [3.63, 3.8) is 0 Å². The Morgan fingerprint density at radius 2 is 1.97 bits per heavy atom. The third kappa shape index (κ3) is 5.01. The maximum absolute atomic E-state index is 12.7. The minimum Gasteiger partial charge on any atom is -0.494 e. The van der Waals surface area contributed by atoms with Gasteiger partial charge in [0.2, 0.25) is 0 Å². The van der Waals surface area contributed by atoms with E-state index in [1.807, 2.05) is 5.32 Å². The van der Waals surface area contributed by atoms with Crippen LogP contribution in [0, 0.1) is 0 Å². The number of benzene rings is 1. The van der Waals surface area contributed by atoms with Crippen molar-refractivity contribution < 1.29 is 22.1 Å². The molecule has 14 heteroatoms. The molecule has 3 N–H and O–H groups in total. The lowest BCUT2D eigenvalue weighted by atomic mass is 10.1. The highest BCUT2D eigenvalue weighted by atomic mass is 32.2. The lowest BCUT2D eigenvalue weighted by Gasteiger charge is -2.16. The van der Waals surface area contributed by atoms with Crippen molar-refractivity contribution in [2.45, 2.75) is 5.03 Å². The van der Waals surface area contributed by atoms with Gasteiger partial charge < -0.3 is 15.4 Å². The average Bonchev–Trinajstić information content (AvgIpc) is 3.29. The fraction of sp³-hybridized carbons (Fsp3) is 0.143. The fourth-order valence-electron chi connectivity index (χ4n) is 3.10. The summed E-state index contributed by atoms with van der Waals surface area (Å²) in [6, 6.07) is 10.5. The molecule has 13 nitrogen and oxygen atoms in total. The number of pyridine rings is 1. The molecule has 0 aliphatic heterocycles. The first-order valence-corrected chi connectivity index (χ1v) is 11.4. The van der Waals surface area contributed by atoms with Gasteiger partial charge in [-0.3, -0.25) is 14.2 Å². The van der Waals surface area contributed by atoms with Gasteiger partial charge >= 0.3 is 0 Å². The third-order valence-corrected chi connectivity index (χ3v) is 5.87. The highest BCUT2D eigenvalue weighted by molar-refractivity contribution is 7.92. The number of carbonyl (C=O) groups is 1. The molecule has 0 saturated carbocycles. The van der Waals surface area contributed by atoms with E-state index in [0.717, 1.165) is 0 Å². The van der Waals surface area contributed by atoms with Gasteiger partial charge in [0.25, 0.3) is 15.9 Å². The molecule has 4 rings (SSSR count). The topological polar surface area (TPSA) is 166 Å². The van der Waals surface area contributed by atoms with Crippen molar-refractivity contribution >= 4 is 33.1 Å². The molecule has 35 heavy (non-hydrogen) atoms. The number of ether oxygens (including phenoxy) is 1. The number of hydrogen-bond acceptors (Lipinski definition) is 10. The van der Waals surface area contributed by atoms with Gasteiger partial charge in [0.05, 0.1) is 24.0 Å². The standard InChI is InChI=1S/C21H21N9O4S/c1-22-21(31)18-15(11-16(26-27-18)29-35(32,33)17-9-4-5-10-23-17)25-14-8-6-7-13(19(14)34-3)20-24-12-30(2)28-20/h4-12H,1-3H3,(H,22,31)(H2,25,26,29)/i1D3. The molecule has 4 aromatic rings. The zero-order valence-electron chi connectivity index (χ0n) is 21.4. The Morgan fingerprint density at radius 3 is 2.66 bits per heavy atom. The molecule has 180 valence electrons. The van der Waals surface area contributed by atoms with Crippen LogP contribution < -0.4 is 20.1 Å². The van der Waals surface area contributed by atoms with Crippen molar-refractivity contribution in [1.29, 1.82) is 0 Å². The molecule has 0 spiro atoms. The molecule has 1 aromatic carbocycles. The van der Waals surface area contributed by atoms with Gasteiger partial charge in [-0.05, 0) is 24.3 Å². The normalized spacial score (nSPS) is 12.7. The maximum atomic E-state index is 12.7. The number of amides is 1. The smallest absolute Gasteiger partial charge is 0.280 e. The molecule has 0 bridgehead atoms. The van der Waals surface area contributed by atoms with Crippen LogP contribution in [0.25, 0.3) is 11.4 Å². The summed E-state index contributed by atoms with van der Waals surface area (Å²) >= 11 is 0. The molecule has 0 aliphatic carbocycles. The first-order valence-electron chi connectivity index (χ1n) is 11.4. The molecule has 0 atom stereocenters. The van der Waals surface area contributed by atoms with Crippen LogP contribution in [0.5, 0.6) is 5.75 Å². The number of nitrogens with zero attached hydrogens (tertiary/aromatic N) is 6. The van der Waals surface area contributed by atoms with Gasteiger partial charge in [0, 0.05) is 30.4 Å². The Hall–Kier alpha value is -4.59. The molecular formula is C21H21N9O4S. The number of anilines is 3. The fourth-order valence-corrected chi connectivity index (χ4v) is 4.04. The molecule has 3 heterocycles. The van der Waals surface area contributed by atoms with Gasteiger partial charge in [-0.25, -0.2) is 9.97 Å². The monoisotopic (exact) mass is 498 g/mol. The van der Waals surface area contributed by atoms with Crippen LogP contribution in [0.2, 0.25) is 0 Å². The highest BCUT2D eigenvalue weighted by Gasteiger charge is 2.21. The summed E-state index contributed by atoms with van der Waals surface area (Å²) < 4.78 is 56.8. The molecular weight excluding hydrogens is 474 g/mol. The molecule has 0 saturated heterocycles. The minimum absolute atomic E-state index is 0.0649. The summed E-state index contributed by atoms with van der Waals surface area (Å²) in [4.78, 5) is 20.8. The van der Waals surface area contributed by atoms with Gasteiger partial charge in [-0.15, -0.1) is 10.2 Å². The zero-order valence-corrected chi connectivity index (χ0v) is 19.2. The third-order valence-electron chi connectivity index (χ3n) is 4.60. The first-order chi connectivity index (χ1) is 18.0. The number of nitrogens with one attached hydrogen (secondary N) is 3. The van der Waals surface area contributed by atoms with E-state index < -0.39 is 28.6 Å². The Morgan fingerprint density at radius 1 is 1.11 bits per heavy atom. The second kappa shape index (κ2) is 9.72. The second-order valence-electron chi connectivity index (χ2n) is 6.97. The van der Waals surface area contributed by atoms with E-state index in [1.54, 1.807) is 31.3 Å². The molecule has 1 amide bonds. The van der Waals surface area contributed by atoms with Crippen molar-refractivity contribution in [3.05, 3.63) is 60.7 Å². The van der Waals surface area contributed by atoms with Crippen molar-refractivity contribution in [2.75, 3.05) is 24.1 Å². The van der Waals surface area contributed by atoms with Crippen LogP contribution in [-0.4, -0.2) is 58.4 Å². The van der Waals surface area contributed by atoms with E-state index in [1.165, 1.54) is 42.5 Å². The number of sulfonamides is 1. The van der Waals surface area contributed by atoms with E-state index in [4.69, 9.17) is 8.85 Å². The van der Waals surface area contributed by atoms with Gasteiger partial charge in [-0.1, -0.05) is 12.1 Å². The predicted octanol–water partition coefficient (Wildman–Crippen LogP) is 1.58. The van der Waals surface area contributed by atoms with E-state index in [0.29, 0.717) is 22.8 Å². The number of para-hydroxylation sites is 1. The quantitative estimate of drug-likeness (QED) is 0.324. The molecule has 0 radical (unpaired) electrons. The molecule has 0 unspecified atom stereocenters. The first kappa shape index (κ1) is 19.8. The Balaban J connectivity index is 1.77. The Labute approximate surface area is 204 Å². The van der Waals surface area contributed by atoms with Crippen LogP contribution in [-0.2, 0) is 17.1 Å². The van der Waals surface area contributed by atoms with E-state index in [2.05, 4.69) is 35.3 Å².